The Morgan fingerprint density at radius 3 is 2.59 bits per heavy atom. The molecule has 0 saturated heterocycles. The molecule has 2 aromatic carbocycles. The molecule has 138 valence electrons. The molecule has 1 aromatic heterocycles. The summed E-state index contributed by atoms with van der Waals surface area (Å²) in [6, 6.07) is 17.2. The number of amides is 1. The first-order valence-electron chi connectivity index (χ1n) is 8.90. The van der Waals surface area contributed by atoms with E-state index < -0.39 is 0 Å². The van der Waals surface area contributed by atoms with Crippen LogP contribution in [0.1, 0.15) is 28.5 Å². The molecule has 0 saturated carbocycles. The lowest BCUT2D eigenvalue weighted by atomic mass is 10.1. The zero-order valence-electron chi connectivity index (χ0n) is 15.7. The number of aryl methyl sites for hydroxylation is 2. The van der Waals surface area contributed by atoms with Crippen LogP contribution in [0.3, 0.4) is 0 Å². The van der Waals surface area contributed by atoms with E-state index in [9.17, 15) is 4.79 Å². The predicted octanol–water partition coefficient (Wildman–Crippen LogP) is 5.09. The average Bonchev–Trinajstić information content (AvgIpc) is 2.67. The second kappa shape index (κ2) is 8.36. The second-order valence-electron chi connectivity index (χ2n) is 6.26. The van der Waals surface area contributed by atoms with Gasteiger partial charge in [0.05, 0.1) is 24.2 Å². The molecule has 0 unspecified atom stereocenters. The quantitative estimate of drug-likeness (QED) is 0.642. The predicted molar refractivity (Wildman–Crippen MR) is 109 cm³/mol. The van der Waals surface area contributed by atoms with E-state index in [0.29, 0.717) is 12.3 Å². The highest BCUT2D eigenvalue weighted by atomic mass is 16.5. The number of nitrogens with zero attached hydrogens (tertiary/aromatic N) is 1. The van der Waals surface area contributed by atoms with Crippen LogP contribution in [0.5, 0.6) is 5.75 Å². The third-order valence-corrected chi connectivity index (χ3v) is 4.10. The van der Waals surface area contributed by atoms with E-state index in [-0.39, 0.29) is 5.91 Å². The third kappa shape index (κ3) is 4.64. The minimum Gasteiger partial charge on any atom is -0.492 e. The number of hydrogen-bond donors (Lipinski definition) is 2. The number of anilines is 3. The van der Waals surface area contributed by atoms with Crippen molar-refractivity contribution < 1.29 is 9.53 Å². The number of carbonyl (C=O) groups is 1. The first kappa shape index (κ1) is 18.5. The summed E-state index contributed by atoms with van der Waals surface area (Å²) in [6.07, 6.45) is 1.64. The standard InChI is InChI=1S/C22H23N3O2/c1-4-27-21-8-6-5-7-18(21)24-17-11-12-19(23-14-17)22(26)25-20-13-15(2)9-10-16(20)3/h5-14,24H,4H2,1-3H3,(H,25,26). The molecule has 5 heteroatoms. The summed E-state index contributed by atoms with van der Waals surface area (Å²) < 4.78 is 5.61. The Morgan fingerprint density at radius 2 is 1.85 bits per heavy atom. The van der Waals surface area contributed by atoms with Gasteiger partial charge in [-0.05, 0) is 62.2 Å². The lowest BCUT2D eigenvalue weighted by Gasteiger charge is -2.12. The third-order valence-electron chi connectivity index (χ3n) is 4.10. The summed E-state index contributed by atoms with van der Waals surface area (Å²) in [6.45, 7) is 6.50. The molecule has 0 aliphatic rings. The Balaban J connectivity index is 1.72. The summed E-state index contributed by atoms with van der Waals surface area (Å²) in [7, 11) is 0. The van der Waals surface area contributed by atoms with Crippen molar-refractivity contribution in [3.05, 3.63) is 77.6 Å². The van der Waals surface area contributed by atoms with Crippen LogP contribution in [0.25, 0.3) is 0 Å². The van der Waals surface area contributed by atoms with Gasteiger partial charge in [-0.3, -0.25) is 4.79 Å². The smallest absolute Gasteiger partial charge is 0.274 e. The molecule has 27 heavy (non-hydrogen) atoms. The van der Waals surface area contributed by atoms with Crippen LogP contribution in [0, 0.1) is 13.8 Å². The number of benzene rings is 2. The Bertz CT molecular complexity index is 937. The topological polar surface area (TPSA) is 63.2 Å². The molecule has 0 bridgehead atoms. The number of pyridine rings is 1. The van der Waals surface area contributed by atoms with Gasteiger partial charge in [0, 0.05) is 5.69 Å². The molecule has 3 aromatic rings. The van der Waals surface area contributed by atoms with Crippen molar-refractivity contribution >= 4 is 23.0 Å². The molecule has 0 atom stereocenters. The highest BCUT2D eigenvalue weighted by Gasteiger charge is 2.10. The fraction of sp³-hybridized carbons (Fsp3) is 0.182. The molecule has 1 heterocycles. The fourth-order valence-electron chi connectivity index (χ4n) is 2.67. The number of carbonyl (C=O) groups excluding carboxylic acids is 1. The molecule has 0 spiro atoms. The Kier molecular flexibility index (Phi) is 5.71. The van der Waals surface area contributed by atoms with Gasteiger partial charge in [-0.25, -0.2) is 4.98 Å². The molecular weight excluding hydrogens is 338 g/mol. The molecular formula is C22H23N3O2. The molecule has 0 aliphatic carbocycles. The first-order chi connectivity index (χ1) is 13.1. The summed E-state index contributed by atoms with van der Waals surface area (Å²) in [5, 5.41) is 6.19. The van der Waals surface area contributed by atoms with Crippen LogP contribution >= 0.6 is 0 Å². The van der Waals surface area contributed by atoms with Crippen molar-refractivity contribution in [1.29, 1.82) is 0 Å². The largest absolute Gasteiger partial charge is 0.492 e. The van der Waals surface area contributed by atoms with E-state index in [0.717, 1.165) is 33.9 Å². The number of hydrogen-bond acceptors (Lipinski definition) is 4. The number of para-hydroxylation sites is 2. The second-order valence-corrected chi connectivity index (χ2v) is 6.26. The van der Waals surface area contributed by atoms with E-state index in [1.807, 2.05) is 69.3 Å². The highest BCUT2D eigenvalue weighted by Crippen LogP contribution is 2.27. The van der Waals surface area contributed by atoms with Gasteiger partial charge in [0.2, 0.25) is 0 Å². The fourth-order valence-corrected chi connectivity index (χ4v) is 2.67. The van der Waals surface area contributed by atoms with Crippen LogP contribution in [-0.2, 0) is 0 Å². The first-order valence-corrected chi connectivity index (χ1v) is 8.90. The molecule has 0 fully saturated rings. The molecule has 3 rings (SSSR count). The maximum absolute atomic E-state index is 12.5. The summed E-state index contributed by atoms with van der Waals surface area (Å²) in [4.78, 5) is 16.8. The van der Waals surface area contributed by atoms with Gasteiger partial charge in [-0.15, -0.1) is 0 Å². The Morgan fingerprint density at radius 1 is 1.04 bits per heavy atom. The van der Waals surface area contributed by atoms with E-state index in [2.05, 4.69) is 15.6 Å². The van der Waals surface area contributed by atoms with Crippen LogP contribution in [0.2, 0.25) is 0 Å². The van der Waals surface area contributed by atoms with Gasteiger partial charge in [0.1, 0.15) is 11.4 Å². The van der Waals surface area contributed by atoms with Crippen molar-refractivity contribution in [2.45, 2.75) is 20.8 Å². The molecule has 2 N–H and O–H groups in total. The Hall–Kier alpha value is -3.34. The van der Waals surface area contributed by atoms with Crippen LogP contribution in [0.4, 0.5) is 17.1 Å². The molecule has 5 nitrogen and oxygen atoms in total. The normalized spacial score (nSPS) is 10.3. The highest BCUT2D eigenvalue weighted by molar-refractivity contribution is 6.03. The van der Waals surface area contributed by atoms with Crippen molar-refractivity contribution in [3.8, 4) is 5.75 Å². The lowest BCUT2D eigenvalue weighted by molar-refractivity contribution is 0.102. The zero-order chi connectivity index (χ0) is 19.2. The minimum atomic E-state index is -0.232. The van der Waals surface area contributed by atoms with E-state index in [1.54, 1.807) is 12.3 Å². The van der Waals surface area contributed by atoms with Crippen molar-refractivity contribution in [2.24, 2.45) is 0 Å². The summed E-state index contributed by atoms with van der Waals surface area (Å²) >= 11 is 0. The monoisotopic (exact) mass is 361 g/mol. The maximum atomic E-state index is 12.5. The lowest BCUT2D eigenvalue weighted by Crippen LogP contribution is -2.14. The van der Waals surface area contributed by atoms with E-state index in [1.165, 1.54) is 0 Å². The van der Waals surface area contributed by atoms with Crippen molar-refractivity contribution in [1.82, 2.24) is 4.98 Å². The van der Waals surface area contributed by atoms with Crippen LogP contribution in [0.15, 0.2) is 60.8 Å². The maximum Gasteiger partial charge on any atom is 0.274 e. The van der Waals surface area contributed by atoms with Gasteiger partial charge in [0.15, 0.2) is 0 Å². The number of rotatable bonds is 6. The van der Waals surface area contributed by atoms with Gasteiger partial charge >= 0.3 is 0 Å². The van der Waals surface area contributed by atoms with Gasteiger partial charge < -0.3 is 15.4 Å². The van der Waals surface area contributed by atoms with Crippen LogP contribution in [-0.4, -0.2) is 17.5 Å². The summed E-state index contributed by atoms with van der Waals surface area (Å²) in [5.41, 5.74) is 4.91. The molecule has 1 amide bonds. The average molecular weight is 361 g/mol. The Labute approximate surface area is 159 Å². The number of aromatic nitrogens is 1. The molecule has 0 aliphatic heterocycles. The number of ether oxygens (including phenoxy) is 1. The molecule has 0 radical (unpaired) electrons. The minimum absolute atomic E-state index is 0.232. The van der Waals surface area contributed by atoms with E-state index in [4.69, 9.17) is 4.74 Å². The van der Waals surface area contributed by atoms with E-state index >= 15 is 0 Å². The van der Waals surface area contributed by atoms with Crippen LogP contribution < -0.4 is 15.4 Å². The van der Waals surface area contributed by atoms with Crippen molar-refractivity contribution in [3.63, 3.8) is 0 Å². The zero-order valence-corrected chi connectivity index (χ0v) is 15.7. The van der Waals surface area contributed by atoms with Gasteiger partial charge in [0.25, 0.3) is 5.91 Å². The summed E-state index contributed by atoms with van der Waals surface area (Å²) in [5.74, 6) is 0.543. The van der Waals surface area contributed by atoms with Crippen molar-refractivity contribution in [2.75, 3.05) is 17.2 Å². The number of nitrogens with one attached hydrogen (secondary N) is 2. The van der Waals surface area contributed by atoms with Gasteiger partial charge in [-0.2, -0.15) is 0 Å². The van der Waals surface area contributed by atoms with Gasteiger partial charge in [-0.1, -0.05) is 24.3 Å². The SMILES string of the molecule is CCOc1ccccc1Nc1ccc(C(=O)Nc2cc(C)ccc2C)nc1.